The molecule has 6 nitrogen and oxygen atoms in total. The van der Waals surface area contributed by atoms with Gasteiger partial charge in [0, 0.05) is 10.2 Å². The number of halogens is 1. The lowest BCUT2D eigenvalue weighted by Gasteiger charge is -2.08. The lowest BCUT2D eigenvalue weighted by Crippen LogP contribution is -2.24. The molecule has 7 heteroatoms. The van der Waals surface area contributed by atoms with Crippen molar-refractivity contribution in [3.63, 3.8) is 0 Å². The Balaban J connectivity index is 2.36. The van der Waals surface area contributed by atoms with Gasteiger partial charge in [0.1, 0.15) is 5.56 Å². The number of hydrogen-bond donors (Lipinski definition) is 3. The zero-order chi connectivity index (χ0) is 15.6. The third-order valence-electron chi connectivity index (χ3n) is 2.76. The molecule has 2 rings (SSSR count). The quantitative estimate of drug-likeness (QED) is 0.791. The number of carbonyl (C=O) groups is 2. The van der Waals surface area contributed by atoms with E-state index < -0.39 is 17.4 Å². The highest BCUT2D eigenvalue weighted by Crippen LogP contribution is 2.21. The Bertz CT molecular complexity index is 783. The Kier molecular flexibility index (Phi) is 4.23. The summed E-state index contributed by atoms with van der Waals surface area (Å²) < 4.78 is 0.575. The maximum Gasteiger partial charge on any atom is 0.337 e. The summed E-state index contributed by atoms with van der Waals surface area (Å²) in [6.07, 6.45) is 0. The average Bonchev–Trinajstić information content (AvgIpc) is 2.40. The third kappa shape index (κ3) is 3.38. The first-order valence-electron chi connectivity index (χ1n) is 5.92. The molecule has 0 bridgehead atoms. The van der Waals surface area contributed by atoms with Crippen molar-refractivity contribution in [2.45, 2.75) is 6.92 Å². The molecule has 0 aliphatic heterocycles. The van der Waals surface area contributed by atoms with Gasteiger partial charge >= 0.3 is 5.97 Å². The zero-order valence-corrected chi connectivity index (χ0v) is 12.5. The van der Waals surface area contributed by atoms with Gasteiger partial charge in [-0.2, -0.15) is 0 Å². The fourth-order valence-electron chi connectivity index (χ4n) is 1.74. The van der Waals surface area contributed by atoms with E-state index in [-0.39, 0.29) is 16.8 Å². The molecular formula is C14H11BrN2O4. The Morgan fingerprint density at radius 3 is 2.52 bits per heavy atom. The number of amides is 1. The fraction of sp³-hybridized carbons (Fsp3) is 0.0714. The second kappa shape index (κ2) is 5.92. The standard InChI is InChI=1S/C14H11BrN2O4/c1-7-2-4-9(12(18)16-7)13(19)17-11-5-3-8(15)6-10(11)14(20)21/h2-6H,1H3,(H,16,18)(H,17,19)(H,20,21). The van der Waals surface area contributed by atoms with E-state index in [1.807, 2.05) is 0 Å². The number of carboxylic acids is 1. The van der Waals surface area contributed by atoms with Crippen molar-refractivity contribution in [3.8, 4) is 0 Å². The molecule has 3 N–H and O–H groups in total. The number of aryl methyl sites for hydroxylation is 1. The van der Waals surface area contributed by atoms with Crippen LogP contribution in [0.3, 0.4) is 0 Å². The molecule has 2 aromatic rings. The van der Waals surface area contributed by atoms with E-state index in [4.69, 9.17) is 5.11 Å². The molecule has 21 heavy (non-hydrogen) atoms. The molecule has 0 atom stereocenters. The molecule has 0 spiro atoms. The van der Waals surface area contributed by atoms with Crippen LogP contribution in [0, 0.1) is 6.92 Å². The largest absolute Gasteiger partial charge is 0.478 e. The fourth-order valence-corrected chi connectivity index (χ4v) is 2.10. The first kappa shape index (κ1) is 15.0. The van der Waals surface area contributed by atoms with Gasteiger partial charge in [0.2, 0.25) is 0 Å². The Hall–Kier alpha value is -2.41. The van der Waals surface area contributed by atoms with E-state index >= 15 is 0 Å². The average molecular weight is 351 g/mol. The van der Waals surface area contributed by atoms with E-state index in [1.165, 1.54) is 18.2 Å². The van der Waals surface area contributed by atoms with Crippen molar-refractivity contribution in [2.24, 2.45) is 0 Å². The predicted octanol–water partition coefficient (Wildman–Crippen LogP) is 2.40. The molecule has 1 aromatic heterocycles. The minimum atomic E-state index is -1.18. The lowest BCUT2D eigenvalue weighted by molar-refractivity contribution is 0.0698. The minimum absolute atomic E-state index is 0.0683. The van der Waals surface area contributed by atoms with Crippen molar-refractivity contribution >= 4 is 33.5 Å². The van der Waals surface area contributed by atoms with Crippen LogP contribution in [-0.4, -0.2) is 22.0 Å². The maximum absolute atomic E-state index is 12.1. The SMILES string of the molecule is Cc1ccc(C(=O)Nc2ccc(Br)cc2C(=O)O)c(=O)[nH]1. The number of carboxylic acid groups (broad SMARTS) is 1. The van der Waals surface area contributed by atoms with Crippen LogP contribution in [0.25, 0.3) is 0 Å². The van der Waals surface area contributed by atoms with Crippen molar-refractivity contribution < 1.29 is 14.7 Å². The summed E-state index contributed by atoms with van der Waals surface area (Å²) in [4.78, 5) is 37.4. The Labute approximate surface area is 127 Å². The lowest BCUT2D eigenvalue weighted by atomic mass is 10.1. The van der Waals surface area contributed by atoms with Gasteiger partial charge in [0.15, 0.2) is 0 Å². The number of hydrogen-bond acceptors (Lipinski definition) is 3. The summed E-state index contributed by atoms with van der Waals surface area (Å²) in [6.45, 7) is 1.69. The number of carbonyl (C=O) groups excluding carboxylic acids is 1. The number of anilines is 1. The number of benzene rings is 1. The molecule has 0 aliphatic rings. The molecule has 1 aromatic carbocycles. The monoisotopic (exact) mass is 350 g/mol. The van der Waals surface area contributed by atoms with Crippen molar-refractivity contribution in [2.75, 3.05) is 5.32 Å². The molecule has 1 amide bonds. The van der Waals surface area contributed by atoms with Gasteiger partial charge in [-0.15, -0.1) is 0 Å². The summed E-state index contributed by atoms with van der Waals surface area (Å²) in [6, 6.07) is 7.41. The Morgan fingerprint density at radius 2 is 1.90 bits per heavy atom. The number of rotatable bonds is 3. The van der Waals surface area contributed by atoms with Crippen molar-refractivity contribution in [1.82, 2.24) is 4.98 Å². The van der Waals surface area contributed by atoms with Crippen LogP contribution >= 0.6 is 15.9 Å². The summed E-state index contributed by atoms with van der Waals surface area (Å²) in [5.74, 6) is -1.84. The minimum Gasteiger partial charge on any atom is -0.478 e. The summed E-state index contributed by atoms with van der Waals surface area (Å²) in [7, 11) is 0. The second-order valence-electron chi connectivity index (χ2n) is 4.33. The van der Waals surface area contributed by atoms with Gasteiger partial charge in [-0.3, -0.25) is 9.59 Å². The Morgan fingerprint density at radius 1 is 1.19 bits per heavy atom. The van der Waals surface area contributed by atoms with Crippen LogP contribution in [0.5, 0.6) is 0 Å². The molecule has 0 saturated heterocycles. The van der Waals surface area contributed by atoms with Gasteiger partial charge in [-0.05, 0) is 37.3 Å². The van der Waals surface area contributed by atoms with E-state index in [9.17, 15) is 14.4 Å². The van der Waals surface area contributed by atoms with E-state index in [2.05, 4.69) is 26.2 Å². The predicted molar refractivity (Wildman–Crippen MR) is 80.9 cm³/mol. The molecule has 0 aliphatic carbocycles. The number of H-pyrrole nitrogens is 1. The van der Waals surface area contributed by atoms with Crippen LogP contribution < -0.4 is 10.9 Å². The van der Waals surface area contributed by atoms with Gasteiger partial charge < -0.3 is 15.4 Å². The molecule has 0 radical (unpaired) electrons. The van der Waals surface area contributed by atoms with E-state index in [0.29, 0.717) is 10.2 Å². The van der Waals surface area contributed by atoms with Crippen molar-refractivity contribution in [1.29, 1.82) is 0 Å². The van der Waals surface area contributed by atoms with Crippen LogP contribution in [0.2, 0.25) is 0 Å². The number of pyridine rings is 1. The second-order valence-corrected chi connectivity index (χ2v) is 5.25. The van der Waals surface area contributed by atoms with Crippen LogP contribution in [0.1, 0.15) is 26.4 Å². The number of aromatic nitrogens is 1. The number of aromatic carboxylic acids is 1. The normalized spacial score (nSPS) is 10.2. The maximum atomic E-state index is 12.1. The summed E-state index contributed by atoms with van der Waals surface area (Å²) in [5, 5.41) is 11.6. The van der Waals surface area contributed by atoms with Gasteiger partial charge in [-0.1, -0.05) is 15.9 Å². The highest BCUT2D eigenvalue weighted by atomic mass is 79.9. The topological polar surface area (TPSA) is 99.3 Å². The van der Waals surface area contributed by atoms with Crippen LogP contribution in [0.4, 0.5) is 5.69 Å². The molecule has 1 heterocycles. The summed E-state index contributed by atoms with van der Waals surface area (Å²) in [5.41, 5.74) is 0.0738. The van der Waals surface area contributed by atoms with Crippen LogP contribution in [0.15, 0.2) is 39.6 Å². The van der Waals surface area contributed by atoms with Gasteiger partial charge in [0.05, 0.1) is 11.3 Å². The van der Waals surface area contributed by atoms with Crippen molar-refractivity contribution in [3.05, 3.63) is 62.0 Å². The highest BCUT2D eigenvalue weighted by molar-refractivity contribution is 9.10. The zero-order valence-electron chi connectivity index (χ0n) is 10.9. The highest BCUT2D eigenvalue weighted by Gasteiger charge is 2.16. The number of nitrogens with one attached hydrogen (secondary N) is 2. The van der Waals surface area contributed by atoms with E-state index in [0.717, 1.165) is 0 Å². The first-order chi connectivity index (χ1) is 9.88. The molecule has 108 valence electrons. The van der Waals surface area contributed by atoms with Gasteiger partial charge in [0.25, 0.3) is 11.5 Å². The van der Waals surface area contributed by atoms with Gasteiger partial charge in [-0.25, -0.2) is 4.79 Å². The smallest absolute Gasteiger partial charge is 0.337 e. The molecule has 0 saturated carbocycles. The first-order valence-corrected chi connectivity index (χ1v) is 6.72. The number of aromatic amines is 1. The molecular weight excluding hydrogens is 340 g/mol. The molecule has 0 unspecified atom stereocenters. The summed E-state index contributed by atoms with van der Waals surface area (Å²) >= 11 is 3.16. The molecule has 0 fully saturated rings. The van der Waals surface area contributed by atoms with Crippen LogP contribution in [-0.2, 0) is 0 Å². The van der Waals surface area contributed by atoms with E-state index in [1.54, 1.807) is 19.1 Å². The third-order valence-corrected chi connectivity index (χ3v) is 3.25.